The van der Waals surface area contributed by atoms with Gasteiger partial charge in [0, 0.05) is 29.5 Å². The van der Waals surface area contributed by atoms with E-state index in [4.69, 9.17) is 4.74 Å². The number of nitrogens with one attached hydrogen (secondary N) is 3. The van der Waals surface area contributed by atoms with Gasteiger partial charge in [0.2, 0.25) is 11.8 Å². The number of ether oxygens (including phenoxy) is 1. The highest BCUT2D eigenvalue weighted by molar-refractivity contribution is 5.94. The van der Waals surface area contributed by atoms with Crippen molar-refractivity contribution >= 4 is 28.9 Å². The summed E-state index contributed by atoms with van der Waals surface area (Å²) >= 11 is 0. The van der Waals surface area contributed by atoms with E-state index in [-0.39, 0.29) is 18.4 Å². The third kappa shape index (κ3) is 7.51. The molecular weight excluding hydrogens is 390 g/mol. The lowest BCUT2D eigenvalue weighted by molar-refractivity contribution is -0.116. The number of rotatable bonds is 10. The summed E-state index contributed by atoms with van der Waals surface area (Å²) < 4.78 is 5.80. The summed E-state index contributed by atoms with van der Waals surface area (Å²) in [4.78, 5) is 23.9. The van der Waals surface area contributed by atoms with E-state index in [1.54, 1.807) is 18.2 Å². The molecule has 3 aromatic carbocycles. The Kier molecular flexibility index (Phi) is 8.05. The zero-order valence-corrected chi connectivity index (χ0v) is 17.6. The van der Waals surface area contributed by atoms with Crippen molar-refractivity contribution in [1.82, 2.24) is 0 Å². The molecule has 0 bridgehead atoms. The van der Waals surface area contributed by atoms with Crippen molar-refractivity contribution in [2.45, 2.75) is 26.4 Å². The molecule has 6 nitrogen and oxygen atoms in total. The maximum Gasteiger partial charge on any atom is 0.243 e. The smallest absolute Gasteiger partial charge is 0.243 e. The van der Waals surface area contributed by atoms with E-state index in [0.717, 1.165) is 23.4 Å². The minimum atomic E-state index is -0.166. The van der Waals surface area contributed by atoms with Crippen molar-refractivity contribution in [3.63, 3.8) is 0 Å². The minimum Gasteiger partial charge on any atom is -0.489 e. The highest BCUT2D eigenvalue weighted by Gasteiger charge is 2.05. The first kappa shape index (κ1) is 21.9. The lowest BCUT2D eigenvalue weighted by Gasteiger charge is -2.11. The molecule has 0 saturated heterocycles. The molecule has 2 amide bonds. The van der Waals surface area contributed by atoms with Crippen molar-refractivity contribution in [3.8, 4) is 5.75 Å². The standard InChI is InChI=1S/C25H27N3O3/c1-2-7-24(29)27-21-14-12-20(13-15-21)26-17-25(30)28-22-10-6-11-23(16-22)31-18-19-8-4-3-5-9-19/h3-6,8-16,26H,2,7,17-18H2,1H3,(H,27,29)(H,28,30). The maximum absolute atomic E-state index is 12.3. The van der Waals surface area contributed by atoms with Crippen LogP contribution < -0.4 is 20.7 Å². The van der Waals surface area contributed by atoms with Crippen molar-refractivity contribution in [1.29, 1.82) is 0 Å². The lowest BCUT2D eigenvalue weighted by Crippen LogP contribution is -2.21. The zero-order chi connectivity index (χ0) is 21.9. The predicted octanol–water partition coefficient (Wildman–Crippen LogP) is 5.05. The fourth-order valence-electron chi connectivity index (χ4n) is 2.91. The van der Waals surface area contributed by atoms with Gasteiger partial charge in [0.05, 0.1) is 6.54 Å². The SMILES string of the molecule is CCCC(=O)Nc1ccc(NCC(=O)Nc2cccc(OCc3ccccc3)c2)cc1. The van der Waals surface area contributed by atoms with Crippen LogP contribution in [0.15, 0.2) is 78.9 Å². The van der Waals surface area contributed by atoms with Gasteiger partial charge in [-0.1, -0.05) is 43.3 Å². The number of anilines is 3. The molecule has 0 saturated carbocycles. The number of carbonyl (C=O) groups excluding carboxylic acids is 2. The molecule has 0 fully saturated rings. The summed E-state index contributed by atoms with van der Waals surface area (Å²) in [5, 5.41) is 8.78. The molecule has 0 spiro atoms. The first-order valence-electron chi connectivity index (χ1n) is 10.3. The molecular formula is C25H27N3O3. The number of hydrogen-bond donors (Lipinski definition) is 3. The molecule has 6 heteroatoms. The van der Waals surface area contributed by atoms with Crippen LogP contribution in [0.5, 0.6) is 5.75 Å². The van der Waals surface area contributed by atoms with E-state index < -0.39 is 0 Å². The van der Waals surface area contributed by atoms with Crippen molar-refractivity contribution in [3.05, 3.63) is 84.4 Å². The topological polar surface area (TPSA) is 79.5 Å². The Morgan fingerprint density at radius 3 is 2.23 bits per heavy atom. The molecule has 0 aliphatic rings. The Hall–Kier alpha value is -3.80. The van der Waals surface area contributed by atoms with Crippen LogP contribution in [0.25, 0.3) is 0 Å². The number of amides is 2. The van der Waals surface area contributed by atoms with Crippen LogP contribution in [0.4, 0.5) is 17.1 Å². The fourth-order valence-corrected chi connectivity index (χ4v) is 2.91. The third-order valence-electron chi connectivity index (χ3n) is 4.46. The first-order valence-corrected chi connectivity index (χ1v) is 10.3. The maximum atomic E-state index is 12.3. The van der Waals surface area contributed by atoms with Crippen LogP contribution >= 0.6 is 0 Å². The van der Waals surface area contributed by atoms with Crippen LogP contribution in [-0.4, -0.2) is 18.4 Å². The molecule has 0 radical (unpaired) electrons. The largest absolute Gasteiger partial charge is 0.489 e. The summed E-state index contributed by atoms with van der Waals surface area (Å²) in [6.45, 7) is 2.55. The minimum absolute atomic E-state index is 0.00225. The third-order valence-corrected chi connectivity index (χ3v) is 4.46. The molecule has 0 atom stereocenters. The summed E-state index contributed by atoms with van der Waals surface area (Å²) in [5.74, 6) is 0.522. The van der Waals surface area contributed by atoms with Gasteiger partial charge in [0.15, 0.2) is 0 Å². The van der Waals surface area contributed by atoms with Gasteiger partial charge >= 0.3 is 0 Å². The second kappa shape index (κ2) is 11.4. The molecule has 160 valence electrons. The van der Waals surface area contributed by atoms with E-state index in [1.807, 2.05) is 67.6 Å². The summed E-state index contributed by atoms with van der Waals surface area (Å²) in [6.07, 6.45) is 1.31. The average molecular weight is 418 g/mol. The van der Waals surface area contributed by atoms with Gasteiger partial charge in [0.25, 0.3) is 0 Å². The van der Waals surface area contributed by atoms with Gasteiger partial charge in [-0.25, -0.2) is 0 Å². The van der Waals surface area contributed by atoms with Crippen molar-refractivity contribution in [2.24, 2.45) is 0 Å². The summed E-state index contributed by atoms with van der Waals surface area (Å²) in [6, 6.07) is 24.5. The van der Waals surface area contributed by atoms with Crippen LogP contribution in [0.2, 0.25) is 0 Å². The number of hydrogen-bond acceptors (Lipinski definition) is 4. The van der Waals surface area contributed by atoms with Crippen molar-refractivity contribution < 1.29 is 14.3 Å². The van der Waals surface area contributed by atoms with Crippen LogP contribution in [0.1, 0.15) is 25.3 Å². The Morgan fingerprint density at radius 2 is 1.48 bits per heavy atom. The molecule has 0 aliphatic heterocycles. The fraction of sp³-hybridized carbons (Fsp3) is 0.200. The second-order valence-corrected chi connectivity index (χ2v) is 7.08. The molecule has 3 aromatic rings. The highest BCUT2D eigenvalue weighted by Crippen LogP contribution is 2.19. The van der Waals surface area contributed by atoms with Gasteiger partial charge in [-0.05, 0) is 48.4 Å². The molecule has 31 heavy (non-hydrogen) atoms. The first-order chi connectivity index (χ1) is 15.1. The van der Waals surface area contributed by atoms with E-state index in [0.29, 0.717) is 24.5 Å². The van der Waals surface area contributed by atoms with Gasteiger partial charge < -0.3 is 20.7 Å². The second-order valence-electron chi connectivity index (χ2n) is 7.08. The molecule has 0 aliphatic carbocycles. The van der Waals surface area contributed by atoms with E-state index in [1.165, 1.54) is 0 Å². The molecule has 0 aromatic heterocycles. The predicted molar refractivity (Wildman–Crippen MR) is 124 cm³/mol. The molecule has 0 unspecified atom stereocenters. The lowest BCUT2D eigenvalue weighted by atomic mass is 10.2. The Labute approximate surface area is 182 Å². The zero-order valence-electron chi connectivity index (χ0n) is 17.6. The van der Waals surface area contributed by atoms with Gasteiger partial charge in [-0.2, -0.15) is 0 Å². The molecule has 0 heterocycles. The Morgan fingerprint density at radius 1 is 0.774 bits per heavy atom. The van der Waals surface area contributed by atoms with Gasteiger partial charge in [0.1, 0.15) is 12.4 Å². The van der Waals surface area contributed by atoms with Gasteiger partial charge in [-0.15, -0.1) is 0 Å². The molecule has 3 rings (SSSR count). The van der Waals surface area contributed by atoms with Gasteiger partial charge in [-0.3, -0.25) is 9.59 Å². The average Bonchev–Trinajstić information content (AvgIpc) is 2.78. The van der Waals surface area contributed by atoms with Crippen molar-refractivity contribution in [2.75, 3.05) is 22.5 Å². The van der Waals surface area contributed by atoms with Crippen LogP contribution in [-0.2, 0) is 16.2 Å². The highest BCUT2D eigenvalue weighted by atomic mass is 16.5. The quantitative estimate of drug-likeness (QED) is 0.431. The molecule has 3 N–H and O–H groups in total. The normalized spacial score (nSPS) is 10.2. The van der Waals surface area contributed by atoms with Crippen LogP contribution in [0, 0.1) is 0 Å². The summed E-state index contributed by atoms with van der Waals surface area (Å²) in [5.41, 5.74) is 3.28. The van der Waals surface area contributed by atoms with E-state index in [2.05, 4.69) is 16.0 Å². The van der Waals surface area contributed by atoms with E-state index in [9.17, 15) is 9.59 Å². The van der Waals surface area contributed by atoms with Crippen LogP contribution in [0.3, 0.4) is 0 Å². The van der Waals surface area contributed by atoms with E-state index >= 15 is 0 Å². The number of carbonyl (C=O) groups is 2. The number of benzene rings is 3. The Bertz CT molecular complexity index is 988. The Balaban J connectivity index is 1.45. The summed E-state index contributed by atoms with van der Waals surface area (Å²) in [7, 11) is 0. The monoisotopic (exact) mass is 417 g/mol.